The van der Waals surface area contributed by atoms with Crippen molar-refractivity contribution < 1.29 is 13.9 Å². The minimum Gasteiger partial charge on any atom is -0.459 e. The zero-order valence-electron chi connectivity index (χ0n) is 16.2. The Bertz CT molecular complexity index is 1050. The molecule has 1 N–H and O–H groups in total. The number of furan rings is 1. The first-order chi connectivity index (χ1) is 13.5. The number of fused-ring (bicyclic) bond motifs is 1. The van der Waals surface area contributed by atoms with Crippen LogP contribution >= 0.6 is 0 Å². The number of hydrogen-bond acceptors (Lipinski definition) is 4. The number of nitrogens with zero attached hydrogens (tertiary/aromatic N) is 1. The molecule has 1 aliphatic rings. The predicted molar refractivity (Wildman–Crippen MR) is 106 cm³/mol. The van der Waals surface area contributed by atoms with Crippen molar-refractivity contribution in [3.8, 4) is 0 Å². The van der Waals surface area contributed by atoms with Gasteiger partial charge in [-0.2, -0.15) is 0 Å². The van der Waals surface area contributed by atoms with Crippen LogP contribution in [0.5, 0.6) is 0 Å². The van der Waals surface area contributed by atoms with Crippen molar-refractivity contribution in [1.82, 2.24) is 9.88 Å². The lowest BCUT2D eigenvalue weighted by molar-refractivity contribution is 0.0483. The van der Waals surface area contributed by atoms with Crippen LogP contribution in [0.2, 0.25) is 0 Å². The molecule has 0 aliphatic carbocycles. The Morgan fingerprint density at radius 3 is 2.86 bits per heavy atom. The topological polar surface area (TPSA) is 75.5 Å². The molecule has 0 bridgehead atoms. The van der Waals surface area contributed by atoms with Crippen molar-refractivity contribution in [1.29, 1.82) is 0 Å². The van der Waals surface area contributed by atoms with E-state index in [2.05, 4.69) is 4.98 Å². The van der Waals surface area contributed by atoms with Gasteiger partial charge < -0.3 is 19.0 Å². The largest absolute Gasteiger partial charge is 0.459 e. The molecule has 0 radical (unpaired) electrons. The van der Waals surface area contributed by atoms with Gasteiger partial charge in [0.15, 0.2) is 5.76 Å². The molecule has 6 nitrogen and oxygen atoms in total. The number of hydrogen-bond donors (Lipinski definition) is 1. The van der Waals surface area contributed by atoms with Crippen molar-refractivity contribution in [2.24, 2.45) is 0 Å². The summed E-state index contributed by atoms with van der Waals surface area (Å²) in [6.45, 7) is 5.37. The summed E-state index contributed by atoms with van der Waals surface area (Å²) >= 11 is 0. The van der Waals surface area contributed by atoms with Gasteiger partial charge in [-0.25, -0.2) is 0 Å². The second-order valence-corrected chi connectivity index (χ2v) is 7.39. The van der Waals surface area contributed by atoms with E-state index in [1.807, 2.05) is 32.0 Å². The maximum absolute atomic E-state index is 12.9. The predicted octanol–water partition coefficient (Wildman–Crippen LogP) is 3.56. The number of H-pyrrole nitrogens is 1. The molecule has 1 atom stereocenters. The Morgan fingerprint density at radius 2 is 2.14 bits per heavy atom. The van der Waals surface area contributed by atoms with Crippen LogP contribution in [-0.4, -0.2) is 35.0 Å². The first-order valence-electron chi connectivity index (χ1n) is 9.59. The lowest BCUT2D eigenvalue weighted by Crippen LogP contribution is -2.38. The standard InChI is InChI=1S/C22H24N2O4/c1-14-7-8-16-11-17(21(25)23-20(16)15(14)2)12-24(13-18-5-3-9-27-18)22(26)19-6-4-10-28-19/h4,6-8,10-11,18H,3,5,9,12-13H2,1-2H3,(H,23,25). The Morgan fingerprint density at radius 1 is 1.29 bits per heavy atom. The van der Waals surface area contributed by atoms with Crippen LogP contribution in [0, 0.1) is 13.8 Å². The van der Waals surface area contributed by atoms with Crippen LogP contribution in [0.3, 0.4) is 0 Å². The van der Waals surface area contributed by atoms with E-state index in [9.17, 15) is 9.59 Å². The second-order valence-electron chi connectivity index (χ2n) is 7.39. The van der Waals surface area contributed by atoms with Gasteiger partial charge in [0.25, 0.3) is 11.5 Å². The number of benzene rings is 1. The van der Waals surface area contributed by atoms with Gasteiger partial charge in [0, 0.05) is 18.7 Å². The molecule has 6 heteroatoms. The van der Waals surface area contributed by atoms with E-state index < -0.39 is 0 Å². The molecule has 1 aliphatic heterocycles. The van der Waals surface area contributed by atoms with Crippen LogP contribution in [0.15, 0.2) is 45.8 Å². The highest BCUT2D eigenvalue weighted by Crippen LogP contribution is 2.21. The fraction of sp³-hybridized carbons (Fsp3) is 0.364. The number of amides is 1. The summed E-state index contributed by atoms with van der Waals surface area (Å²) in [6.07, 6.45) is 3.37. The van der Waals surface area contributed by atoms with Crippen LogP contribution in [0.1, 0.15) is 40.1 Å². The van der Waals surface area contributed by atoms with Crippen LogP contribution in [0.25, 0.3) is 10.9 Å². The molecule has 1 amide bonds. The second kappa shape index (κ2) is 7.64. The summed E-state index contributed by atoms with van der Waals surface area (Å²) in [5.74, 6) is 0.0294. The molecule has 1 aromatic carbocycles. The zero-order chi connectivity index (χ0) is 19.7. The number of carbonyl (C=O) groups excluding carboxylic acids is 1. The van der Waals surface area contributed by atoms with E-state index in [1.165, 1.54) is 6.26 Å². The molecule has 28 heavy (non-hydrogen) atoms. The van der Waals surface area contributed by atoms with E-state index >= 15 is 0 Å². The monoisotopic (exact) mass is 380 g/mol. The Kier molecular flexibility index (Phi) is 5.05. The summed E-state index contributed by atoms with van der Waals surface area (Å²) in [5.41, 5.74) is 3.41. The average molecular weight is 380 g/mol. The van der Waals surface area contributed by atoms with Gasteiger partial charge in [0.05, 0.1) is 24.4 Å². The number of pyridine rings is 1. The zero-order valence-corrected chi connectivity index (χ0v) is 16.2. The average Bonchev–Trinajstić information content (AvgIpc) is 3.39. The van der Waals surface area contributed by atoms with Gasteiger partial charge >= 0.3 is 0 Å². The van der Waals surface area contributed by atoms with E-state index in [-0.39, 0.29) is 29.9 Å². The van der Waals surface area contributed by atoms with Crippen LogP contribution in [-0.2, 0) is 11.3 Å². The van der Waals surface area contributed by atoms with Crippen molar-refractivity contribution in [3.05, 3.63) is 69.4 Å². The Hall–Kier alpha value is -2.86. The van der Waals surface area contributed by atoms with E-state index in [1.54, 1.807) is 17.0 Å². The van der Waals surface area contributed by atoms with Gasteiger partial charge in [0.2, 0.25) is 0 Å². The van der Waals surface area contributed by atoms with Crippen molar-refractivity contribution in [3.63, 3.8) is 0 Å². The molecule has 3 aromatic rings. The molecule has 3 heterocycles. The Labute approximate surface area is 163 Å². The number of nitrogens with one attached hydrogen (secondary N) is 1. The number of rotatable bonds is 5. The first-order valence-corrected chi connectivity index (χ1v) is 9.59. The molecule has 2 aromatic heterocycles. The number of ether oxygens (including phenoxy) is 1. The summed E-state index contributed by atoms with van der Waals surface area (Å²) < 4.78 is 11.0. The van der Waals surface area contributed by atoms with Gasteiger partial charge in [-0.3, -0.25) is 9.59 Å². The molecule has 1 saturated heterocycles. The van der Waals surface area contributed by atoms with Crippen molar-refractivity contribution in [2.75, 3.05) is 13.2 Å². The number of aryl methyl sites for hydroxylation is 2. The van der Waals surface area contributed by atoms with Gasteiger partial charge in [-0.15, -0.1) is 0 Å². The molecule has 4 rings (SSSR count). The highest BCUT2D eigenvalue weighted by atomic mass is 16.5. The Balaban J connectivity index is 1.67. The SMILES string of the molecule is Cc1ccc2cc(CN(CC3CCCO3)C(=O)c3ccco3)c(=O)[nH]c2c1C. The van der Waals surface area contributed by atoms with Gasteiger partial charge in [-0.05, 0) is 61.4 Å². The first kappa shape index (κ1) is 18.5. The van der Waals surface area contributed by atoms with Gasteiger partial charge in [0.1, 0.15) is 0 Å². The maximum Gasteiger partial charge on any atom is 0.289 e. The van der Waals surface area contributed by atoms with Crippen molar-refractivity contribution in [2.45, 2.75) is 39.3 Å². The maximum atomic E-state index is 12.9. The highest BCUT2D eigenvalue weighted by molar-refractivity contribution is 5.91. The molecule has 146 valence electrons. The van der Waals surface area contributed by atoms with Crippen molar-refractivity contribution >= 4 is 16.8 Å². The van der Waals surface area contributed by atoms with Crippen LogP contribution in [0.4, 0.5) is 0 Å². The smallest absolute Gasteiger partial charge is 0.289 e. The van der Waals surface area contributed by atoms with E-state index in [0.717, 1.165) is 34.9 Å². The van der Waals surface area contributed by atoms with E-state index in [0.29, 0.717) is 18.7 Å². The molecule has 0 saturated carbocycles. The number of carbonyl (C=O) groups is 1. The summed E-state index contributed by atoms with van der Waals surface area (Å²) in [6, 6.07) is 9.24. The lowest BCUT2D eigenvalue weighted by Gasteiger charge is -2.24. The lowest BCUT2D eigenvalue weighted by atomic mass is 10.0. The minimum atomic E-state index is -0.236. The molecule has 1 unspecified atom stereocenters. The summed E-state index contributed by atoms with van der Waals surface area (Å²) in [5, 5.41) is 0.959. The summed E-state index contributed by atoms with van der Waals surface area (Å²) in [7, 11) is 0. The molecule has 1 fully saturated rings. The third kappa shape index (κ3) is 3.60. The fourth-order valence-electron chi connectivity index (χ4n) is 3.70. The number of aromatic amines is 1. The number of aromatic nitrogens is 1. The van der Waals surface area contributed by atoms with Crippen LogP contribution < -0.4 is 5.56 Å². The fourth-order valence-corrected chi connectivity index (χ4v) is 3.70. The quantitative estimate of drug-likeness (QED) is 0.734. The summed E-state index contributed by atoms with van der Waals surface area (Å²) in [4.78, 5) is 30.3. The van der Waals surface area contributed by atoms with Gasteiger partial charge in [-0.1, -0.05) is 12.1 Å². The molecule has 0 spiro atoms. The third-order valence-electron chi connectivity index (χ3n) is 5.46. The highest BCUT2D eigenvalue weighted by Gasteiger charge is 2.25. The van der Waals surface area contributed by atoms with E-state index in [4.69, 9.17) is 9.15 Å². The molecular weight excluding hydrogens is 356 g/mol. The minimum absolute atomic E-state index is 0.0108. The normalized spacial score (nSPS) is 16.6. The molecular formula is C22H24N2O4. The third-order valence-corrected chi connectivity index (χ3v) is 5.46.